The van der Waals surface area contributed by atoms with E-state index >= 15 is 0 Å². The number of aromatic nitrogens is 2. The molecule has 0 bridgehead atoms. The first-order chi connectivity index (χ1) is 12.6. The van der Waals surface area contributed by atoms with Crippen LogP contribution in [0.3, 0.4) is 0 Å². The standard InChI is InChI=1S/C15H15Cl5N4O3/c1-7(2)21-3-4-27-15-13(24(25)26)12(14(19)20)23(22-15)11-9(17)5-8(16)6-10(11)18/h5-7,14,21H,3-4H2,1-2H3. The highest BCUT2D eigenvalue weighted by Gasteiger charge is 2.35. The number of alkyl halides is 2. The summed E-state index contributed by atoms with van der Waals surface area (Å²) in [6, 6.07) is 3.08. The molecule has 0 unspecified atom stereocenters. The molecule has 2 aromatic rings. The molecule has 1 aromatic carbocycles. The molecular weight excluding hydrogens is 461 g/mol. The highest BCUT2D eigenvalue weighted by Crippen LogP contribution is 2.43. The maximum absolute atomic E-state index is 11.6. The Morgan fingerprint density at radius 2 is 1.85 bits per heavy atom. The van der Waals surface area contributed by atoms with Gasteiger partial charge in [0.15, 0.2) is 10.5 Å². The molecule has 0 atom stereocenters. The first kappa shape index (κ1) is 22.3. The molecule has 148 valence electrons. The average Bonchev–Trinajstić information content (AvgIpc) is 2.90. The highest BCUT2D eigenvalue weighted by molar-refractivity contribution is 6.44. The third-order valence-corrected chi connectivity index (χ3v) is 4.55. The van der Waals surface area contributed by atoms with Gasteiger partial charge in [0.05, 0.1) is 15.0 Å². The third kappa shape index (κ3) is 5.31. The normalized spacial score (nSPS) is 11.4. The third-order valence-electron chi connectivity index (χ3n) is 3.34. The van der Waals surface area contributed by atoms with E-state index in [0.717, 1.165) is 4.68 Å². The lowest BCUT2D eigenvalue weighted by Gasteiger charge is -2.11. The van der Waals surface area contributed by atoms with Gasteiger partial charge in [0.2, 0.25) is 0 Å². The van der Waals surface area contributed by atoms with E-state index in [1.807, 2.05) is 13.8 Å². The zero-order valence-corrected chi connectivity index (χ0v) is 18.0. The molecule has 0 saturated carbocycles. The number of rotatable bonds is 8. The van der Waals surface area contributed by atoms with Gasteiger partial charge >= 0.3 is 11.6 Å². The minimum Gasteiger partial charge on any atom is -0.470 e. The van der Waals surface area contributed by atoms with Crippen LogP contribution >= 0.6 is 58.0 Å². The number of ether oxygens (including phenoxy) is 1. The Bertz CT molecular complexity index is 818. The summed E-state index contributed by atoms with van der Waals surface area (Å²) in [7, 11) is 0. The maximum atomic E-state index is 11.6. The highest BCUT2D eigenvalue weighted by atomic mass is 35.5. The van der Waals surface area contributed by atoms with E-state index < -0.39 is 15.4 Å². The van der Waals surface area contributed by atoms with Crippen molar-refractivity contribution >= 4 is 63.7 Å². The SMILES string of the molecule is CC(C)NCCOc1nn(-c2c(Cl)cc(Cl)cc2Cl)c(C(Cl)Cl)c1[N+](=O)[O-]. The quantitative estimate of drug-likeness (QED) is 0.232. The molecule has 0 radical (unpaired) electrons. The molecule has 0 aliphatic carbocycles. The van der Waals surface area contributed by atoms with Crippen LogP contribution in [0.5, 0.6) is 5.88 Å². The molecule has 12 heteroatoms. The molecule has 0 amide bonds. The van der Waals surface area contributed by atoms with Crippen LogP contribution in [0.2, 0.25) is 15.1 Å². The van der Waals surface area contributed by atoms with Crippen LogP contribution in [0, 0.1) is 10.1 Å². The van der Waals surface area contributed by atoms with Crippen molar-refractivity contribution in [2.45, 2.75) is 24.7 Å². The van der Waals surface area contributed by atoms with Crippen LogP contribution in [0.1, 0.15) is 24.4 Å². The van der Waals surface area contributed by atoms with E-state index in [-0.39, 0.29) is 40.0 Å². The number of nitro groups is 1. The predicted octanol–water partition coefficient (Wildman–Crippen LogP) is 5.59. The van der Waals surface area contributed by atoms with Crippen LogP contribution in [-0.2, 0) is 0 Å². The second-order valence-electron chi connectivity index (χ2n) is 5.68. The molecule has 0 aliphatic heterocycles. The molecule has 0 spiro atoms. The van der Waals surface area contributed by atoms with E-state index in [2.05, 4.69) is 10.4 Å². The van der Waals surface area contributed by atoms with Gasteiger partial charge < -0.3 is 10.1 Å². The van der Waals surface area contributed by atoms with E-state index in [0.29, 0.717) is 11.6 Å². The summed E-state index contributed by atoms with van der Waals surface area (Å²) in [6.07, 6.45) is 0. The topological polar surface area (TPSA) is 82.2 Å². The number of hydrogen-bond donors (Lipinski definition) is 1. The monoisotopic (exact) mass is 474 g/mol. The van der Waals surface area contributed by atoms with Gasteiger partial charge in [-0.2, -0.15) is 0 Å². The second kappa shape index (κ2) is 9.49. The van der Waals surface area contributed by atoms with Crippen LogP contribution < -0.4 is 10.1 Å². The van der Waals surface area contributed by atoms with Gasteiger partial charge in [-0.05, 0) is 12.1 Å². The van der Waals surface area contributed by atoms with Crippen molar-refractivity contribution in [3.8, 4) is 11.6 Å². The number of nitrogens with one attached hydrogen (secondary N) is 1. The minimum absolute atomic E-state index is 0.119. The van der Waals surface area contributed by atoms with Gasteiger partial charge in [-0.3, -0.25) is 10.1 Å². The lowest BCUT2D eigenvalue weighted by atomic mass is 10.3. The Hall–Kier alpha value is -0.960. The van der Waals surface area contributed by atoms with E-state index in [1.165, 1.54) is 12.1 Å². The summed E-state index contributed by atoms with van der Waals surface area (Å²) in [4.78, 5) is 9.66. The summed E-state index contributed by atoms with van der Waals surface area (Å²) < 4.78 is 6.59. The summed E-state index contributed by atoms with van der Waals surface area (Å²) in [5.41, 5.74) is -0.430. The van der Waals surface area contributed by atoms with E-state index in [9.17, 15) is 10.1 Å². The van der Waals surface area contributed by atoms with Crippen molar-refractivity contribution in [3.05, 3.63) is 43.0 Å². The molecule has 7 nitrogen and oxygen atoms in total. The fraction of sp³-hybridized carbons (Fsp3) is 0.400. The number of nitrogens with zero attached hydrogens (tertiary/aromatic N) is 3. The fourth-order valence-corrected chi connectivity index (χ4v) is 3.64. The maximum Gasteiger partial charge on any atom is 0.356 e. The van der Waals surface area contributed by atoms with E-state index in [4.69, 9.17) is 62.7 Å². The summed E-state index contributed by atoms with van der Waals surface area (Å²) >= 11 is 30.3. The van der Waals surface area contributed by atoms with Crippen LogP contribution in [-0.4, -0.2) is 33.9 Å². The van der Waals surface area contributed by atoms with E-state index in [1.54, 1.807) is 0 Å². The predicted molar refractivity (Wildman–Crippen MR) is 108 cm³/mol. The van der Waals surface area contributed by atoms with Crippen LogP contribution in [0.4, 0.5) is 5.69 Å². The van der Waals surface area contributed by atoms with Crippen molar-refractivity contribution in [2.75, 3.05) is 13.2 Å². The average molecular weight is 477 g/mol. The Balaban J connectivity index is 2.55. The largest absolute Gasteiger partial charge is 0.470 e. The molecule has 2 rings (SSSR count). The van der Waals surface area contributed by atoms with Gasteiger partial charge in [0, 0.05) is 17.6 Å². The van der Waals surface area contributed by atoms with Crippen molar-refractivity contribution in [3.63, 3.8) is 0 Å². The van der Waals surface area contributed by atoms with Crippen molar-refractivity contribution in [1.29, 1.82) is 0 Å². The van der Waals surface area contributed by atoms with Crippen LogP contribution in [0.15, 0.2) is 12.1 Å². The molecular formula is C15H15Cl5N4O3. The zero-order valence-electron chi connectivity index (χ0n) is 14.2. The first-order valence-corrected chi connectivity index (χ1v) is 9.70. The molecule has 0 aliphatic rings. The van der Waals surface area contributed by atoms with Gasteiger partial charge in [0.25, 0.3) is 0 Å². The molecule has 1 aromatic heterocycles. The Morgan fingerprint density at radius 1 is 1.26 bits per heavy atom. The summed E-state index contributed by atoms with van der Waals surface area (Å²) in [5, 5.41) is 19.4. The van der Waals surface area contributed by atoms with Gasteiger partial charge in [-0.1, -0.05) is 71.9 Å². The fourth-order valence-electron chi connectivity index (χ4n) is 2.27. The Morgan fingerprint density at radius 3 is 2.33 bits per heavy atom. The molecule has 1 heterocycles. The lowest BCUT2D eigenvalue weighted by Crippen LogP contribution is -2.27. The second-order valence-corrected chi connectivity index (χ2v) is 8.03. The van der Waals surface area contributed by atoms with Crippen LogP contribution in [0.25, 0.3) is 5.69 Å². The smallest absolute Gasteiger partial charge is 0.356 e. The zero-order chi connectivity index (χ0) is 20.3. The van der Waals surface area contributed by atoms with Crippen molar-refractivity contribution in [1.82, 2.24) is 15.1 Å². The first-order valence-electron chi connectivity index (χ1n) is 7.70. The molecule has 1 N–H and O–H groups in total. The van der Waals surface area contributed by atoms with Gasteiger partial charge in [0.1, 0.15) is 12.3 Å². The van der Waals surface area contributed by atoms with Gasteiger partial charge in [-0.25, -0.2) is 4.68 Å². The van der Waals surface area contributed by atoms with Crippen molar-refractivity contribution in [2.24, 2.45) is 0 Å². The Labute approximate surface area is 180 Å². The number of halogens is 5. The Kier molecular flexibility index (Phi) is 7.85. The number of benzene rings is 1. The molecule has 0 saturated heterocycles. The molecule has 27 heavy (non-hydrogen) atoms. The molecule has 0 fully saturated rings. The van der Waals surface area contributed by atoms with Gasteiger partial charge in [-0.15, -0.1) is 5.10 Å². The minimum atomic E-state index is -1.29. The van der Waals surface area contributed by atoms with Crippen molar-refractivity contribution < 1.29 is 9.66 Å². The lowest BCUT2D eigenvalue weighted by molar-refractivity contribution is -0.386. The summed E-state index contributed by atoms with van der Waals surface area (Å²) in [5.74, 6) is -0.242. The summed E-state index contributed by atoms with van der Waals surface area (Å²) in [6.45, 7) is 4.54. The number of hydrogen-bond acceptors (Lipinski definition) is 5.